The summed E-state index contributed by atoms with van der Waals surface area (Å²) in [4.78, 5) is 20.0. The van der Waals surface area contributed by atoms with E-state index in [2.05, 4.69) is 37.9 Å². The van der Waals surface area contributed by atoms with Crippen molar-refractivity contribution in [2.75, 3.05) is 11.1 Å². The van der Waals surface area contributed by atoms with Gasteiger partial charge in [0.2, 0.25) is 11.9 Å². The zero-order valence-electron chi connectivity index (χ0n) is 9.27. The van der Waals surface area contributed by atoms with Crippen LogP contribution >= 0.6 is 22.6 Å². The summed E-state index contributed by atoms with van der Waals surface area (Å²) in [5.41, 5.74) is 8.79. The van der Waals surface area contributed by atoms with Crippen molar-refractivity contribution in [3.05, 3.63) is 33.5 Å². The molecule has 1 aliphatic rings. The SMILES string of the molecule is Nc1ncc2c(n1)-c1ccc(I)cc1NC(=O)C2. The van der Waals surface area contributed by atoms with Gasteiger partial charge in [-0.15, -0.1) is 0 Å². The molecule has 1 aromatic carbocycles. The highest BCUT2D eigenvalue weighted by Crippen LogP contribution is 2.33. The smallest absolute Gasteiger partial charge is 0.228 e. The maximum absolute atomic E-state index is 11.8. The van der Waals surface area contributed by atoms with Gasteiger partial charge in [0.05, 0.1) is 17.8 Å². The largest absolute Gasteiger partial charge is 0.368 e. The first-order chi connectivity index (χ1) is 8.63. The summed E-state index contributed by atoms with van der Waals surface area (Å²) in [6, 6.07) is 5.83. The molecule has 5 nitrogen and oxygen atoms in total. The number of fused-ring (bicyclic) bond motifs is 3. The zero-order valence-corrected chi connectivity index (χ0v) is 11.4. The van der Waals surface area contributed by atoms with E-state index in [0.29, 0.717) is 0 Å². The molecule has 2 aromatic rings. The van der Waals surface area contributed by atoms with E-state index < -0.39 is 0 Å². The van der Waals surface area contributed by atoms with Gasteiger partial charge in [0.1, 0.15) is 0 Å². The number of amides is 1. The van der Waals surface area contributed by atoms with Crippen molar-refractivity contribution in [2.45, 2.75) is 6.42 Å². The van der Waals surface area contributed by atoms with Gasteiger partial charge in [-0.05, 0) is 40.8 Å². The molecule has 1 aliphatic heterocycles. The first-order valence-electron chi connectivity index (χ1n) is 5.34. The first-order valence-corrected chi connectivity index (χ1v) is 6.42. The maximum Gasteiger partial charge on any atom is 0.228 e. The van der Waals surface area contributed by atoms with Crippen LogP contribution in [-0.2, 0) is 11.2 Å². The van der Waals surface area contributed by atoms with Crippen molar-refractivity contribution in [3.8, 4) is 11.3 Å². The van der Waals surface area contributed by atoms with E-state index in [4.69, 9.17) is 5.73 Å². The Balaban J connectivity index is 2.30. The monoisotopic (exact) mass is 352 g/mol. The second-order valence-electron chi connectivity index (χ2n) is 4.02. The van der Waals surface area contributed by atoms with Crippen LogP contribution in [0, 0.1) is 3.57 Å². The second-order valence-corrected chi connectivity index (χ2v) is 5.26. The van der Waals surface area contributed by atoms with Crippen molar-refractivity contribution in [1.82, 2.24) is 9.97 Å². The molecule has 0 radical (unpaired) electrons. The fourth-order valence-electron chi connectivity index (χ4n) is 1.98. The van der Waals surface area contributed by atoms with E-state index in [1.54, 1.807) is 6.20 Å². The number of benzene rings is 1. The van der Waals surface area contributed by atoms with Crippen LogP contribution in [0.15, 0.2) is 24.4 Å². The van der Waals surface area contributed by atoms with Gasteiger partial charge in [-0.1, -0.05) is 0 Å². The highest BCUT2D eigenvalue weighted by molar-refractivity contribution is 14.1. The molecule has 0 saturated heterocycles. The Bertz CT molecular complexity index is 657. The minimum Gasteiger partial charge on any atom is -0.368 e. The third-order valence-corrected chi connectivity index (χ3v) is 3.42. The quantitative estimate of drug-likeness (QED) is 0.709. The van der Waals surface area contributed by atoms with Crippen LogP contribution in [0.2, 0.25) is 0 Å². The van der Waals surface area contributed by atoms with E-state index >= 15 is 0 Å². The molecule has 2 heterocycles. The lowest BCUT2D eigenvalue weighted by atomic mass is 10.1. The van der Waals surface area contributed by atoms with E-state index in [1.807, 2.05) is 18.2 Å². The molecule has 0 unspecified atom stereocenters. The number of nitrogen functional groups attached to an aromatic ring is 1. The molecule has 0 fully saturated rings. The summed E-state index contributed by atoms with van der Waals surface area (Å²) in [7, 11) is 0. The number of aromatic nitrogens is 2. The molecule has 90 valence electrons. The van der Waals surface area contributed by atoms with Crippen LogP contribution in [-0.4, -0.2) is 15.9 Å². The summed E-state index contributed by atoms with van der Waals surface area (Å²) in [6.45, 7) is 0. The summed E-state index contributed by atoms with van der Waals surface area (Å²) >= 11 is 2.20. The third-order valence-electron chi connectivity index (χ3n) is 2.75. The lowest BCUT2D eigenvalue weighted by molar-refractivity contribution is -0.115. The van der Waals surface area contributed by atoms with Crippen molar-refractivity contribution >= 4 is 40.1 Å². The highest BCUT2D eigenvalue weighted by Gasteiger charge is 2.20. The molecule has 0 atom stereocenters. The Morgan fingerprint density at radius 3 is 3.06 bits per heavy atom. The van der Waals surface area contributed by atoms with Gasteiger partial charge in [-0.2, -0.15) is 0 Å². The number of nitrogens with one attached hydrogen (secondary N) is 1. The van der Waals surface area contributed by atoms with Crippen LogP contribution < -0.4 is 11.1 Å². The maximum atomic E-state index is 11.8. The molecular weight excluding hydrogens is 343 g/mol. The van der Waals surface area contributed by atoms with Crippen LogP contribution in [0.3, 0.4) is 0 Å². The Morgan fingerprint density at radius 1 is 1.39 bits per heavy atom. The van der Waals surface area contributed by atoms with Crippen LogP contribution in [0.25, 0.3) is 11.3 Å². The van der Waals surface area contributed by atoms with Gasteiger partial charge < -0.3 is 11.1 Å². The third kappa shape index (κ3) is 1.92. The number of nitrogens with two attached hydrogens (primary N) is 1. The fourth-order valence-corrected chi connectivity index (χ4v) is 2.47. The van der Waals surface area contributed by atoms with Crippen LogP contribution in [0.4, 0.5) is 11.6 Å². The zero-order chi connectivity index (χ0) is 12.7. The molecule has 6 heteroatoms. The standard InChI is InChI=1S/C12H9IN4O/c13-7-1-2-8-9(4-7)16-10(18)3-6-5-15-12(14)17-11(6)8/h1-2,4-5H,3H2,(H,16,18)(H2,14,15,17). The number of hydrogen-bond donors (Lipinski definition) is 2. The number of carbonyl (C=O) groups is 1. The van der Waals surface area contributed by atoms with E-state index in [-0.39, 0.29) is 18.3 Å². The van der Waals surface area contributed by atoms with Crippen LogP contribution in [0.1, 0.15) is 5.56 Å². The molecular formula is C12H9IN4O. The van der Waals surface area contributed by atoms with E-state index in [9.17, 15) is 4.79 Å². The first kappa shape index (κ1) is 11.4. The molecule has 1 amide bonds. The van der Waals surface area contributed by atoms with Gasteiger partial charge in [0.25, 0.3) is 0 Å². The number of hydrogen-bond acceptors (Lipinski definition) is 4. The number of nitrogens with zero attached hydrogens (tertiary/aromatic N) is 2. The molecule has 18 heavy (non-hydrogen) atoms. The summed E-state index contributed by atoms with van der Waals surface area (Å²) in [5, 5.41) is 2.88. The van der Waals surface area contributed by atoms with Gasteiger partial charge in [0, 0.05) is 20.9 Å². The van der Waals surface area contributed by atoms with Gasteiger partial charge in [-0.3, -0.25) is 4.79 Å². The number of anilines is 2. The Kier molecular flexibility index (Phi) is 2.66. The van der Waals surface area contributed by atoms with Crippen molar-refractivity contribution in [3.63, 3.8) is 0 Å². The normalized spacial score (nSPS) is 13.3. The predicted molar refractivity (Wildman–Crippen MR) is 76.9 cm³/mol. The van der Waals surface area contributed by atoms with E-state index in [1.165, 1.54) is 0 Å². The minimum absolute atomic E-state index is 0.0645. The van der Waals surface area contributed by atoms with Crippen LogP contribution in [0.5, 0.6) is 0 Å². The van der Waals surface area contributed by atoms with Gasteiger partial charge in [-0.25, -0.2) is 9.97 Å². The number of rotatable bonds is 0. The average molecular weight is 352 g/mol. The fraction of sp³-hybridized carbons (Fsp3) is 0.0833. The molecule has 1 aromatic heterocycles. The number of halogens is 1. The molecule has 3 N–H and O–H groups in total. The molecule has 0 spiro atoms. The second kappa shape index (κ2) is 4.20. The predicted octanol–water partition coefficient (Wildman–Crippen LogP) is 1.82. The average Bonchev–Trinajstić information content (AvgIpc) is 2.44. The van der Waals surface area contributed by atoms with Crippen molar-refractivity contribution < 1.29 is 4.79 Å². The van der Waals surface area contributed by atoms with Gasteiger partial charge in [0.15, 0.2) is 0 Å². The molecule has 0 bridgehead atoms. The molecule has 0 aliphatic carbocycles. The van der Waals surface area contributed by atoms with Gasteiger partial charge >= 0.3 is 0 Å². The Hall–Kier alpha value is -1.70. The van der Waals surface area contributed by atoms with E-state index in [0.717, 1.165) is 26.1 Å². The number of carbonyl (C=O) groups excluding carboxylic acids is 1. The minimum atomic E-state index is -0.0645. The summed E-state index contributed by atoms with van der Waals surface area (Å²) in [6.07, 6.45) is 1.88. The van der Waals surface area contributed by atoms with Crippen molar-refractivity contribution in [2.24, 2.45) is 0 Å². The Morgan fingerprint density at radius 2 is 2.22 bits per heavy atom. The highest BCUT2D eigenvalue weighted by atomic mass is 127. The lowest BCUT2D eigenvalue weighted by Gasteiger charge is -2.08. The Labute approximate surface area is 117 Å². The topological polar surface area (TPSA) is 80.9 Å². The molecule has 0 saturated carbocycles. The summed E-state index contributed by atoms with van der Waals surface area (Å²) in [5.74, 6) is 0.151. The summed E-state index contributed by atoms with van der Waals surface area (Å²) < 4.78 is 1.05. The van der Waals surface area contributed by atoms with Crippen molar-refractivity contribution in [1.29, 1.82) is 0 Å². The lowest BCUT2D eigenvalue weighted by Crippen LogP contribution is -2.12. The molecule has 3 rings (SSSR count).